The van der Waals surface area contributed by atoms with Crippen molar-refractivity contribution in [3.05, 3.63) is 105 Å². The van der Waals surface area contributed by atoms with E-state index >= 15 is 0 Å². The van der Waals surface area contributed by atoms with Crippen LogP contribution in [0.5, 0.6) is 0 Å². The Balaban J connectivity index is 1.97. The fourth-order valence-corrected chi connectivity index (χ4v) is 2.93. The minimum Gasteiger partial charge on any atom is -0.341 e. The first kappa shape index (κ1) is 18.4. The number of halogens is 4. The van der Waals surface area contributed by atoms with Crippen molar-refractivity contribution in [1.82, 2.24) is 5.32 Å². The van der Waals surface area contributed by atoms with Crippen molar-refractivity contribution in [2.75, 3.05) is 0 Å². The van der Waals surface area contributed by atoms with Crippen molar-refractivity contribution in [3.8, 4) is 0 Å². The average molecular weight is 392 g/mol. The number of rotatable bonds is 4. The maximum atomic E-state index is 13.5. The zero-order chi connectivity index (χ0) is 18.7. The Morgan fingerprint density at radius 3 is 2.08 bits per heavy atom. The van der Waals surface area contributed by atoms with Crippen LogP contribution >= 0.6 is 23.2 Å². The van der Waals surface area contributed by atoms with Crippen LogP contribution in [0.4, 0.5) is 8.78 Å². The van der Waals surface area contributed by atoms with Crippen LogP contribution in [-0.4, -0.2) is 5.91 Å². The van der Waals surface area contributed by atoms with Crippen molar-refractivity contribution in [1.29, 1.82) is 0 Å². The molecule has 0 radical (unpaired) electrons. The third kappa shape index (κ3) is 4.03. The number of hydrogen-bond donors (Lipinski definition) is 1. The first-order valence-electron chi connectivity index (χ1n) is 7.71. The highest BCUT2D eigenvalue weighted by Gasteiger charge is 2.21. The van der Waals surface area contributed by atoms with E-state index in [2.05, 4.69) is 5.32 Å². The minimum atomic E-state index is -1.14. The lowest BCUT2D eigenvalue weighted by molar-refractivity contribution is 0.0942. The summed E-state index contributed by atoms with van der Waals surface area (Å²) in [5.41, 5.74) is 1.47. The molecule has 0 unspecified atom stereocenters. The summed E-state index contributed by atoms with van der Waals surface area (Å²) in [5.74, 6) is -2.86. The van der Waals surface area contributed by atoms with E-state index in [9.17, 15) is 13.6 Å². The van der Waals surface area contributed by atoms with Gasteiger partial charge in [-0.15, -0.1) is 0 Å². The fourth-order valence-electron chi connectivity index (χ4n) is 2.57. The molecule has 2 nitrogen and oxygen atoms in total. The topological polar surface area (TPSA) is 29.1 Å². The van der Waals surface area contributed by atoms with E-state index in [0.29, 0.717) is 5.02 Å². The van der Waals surface area contributed by atoms with Gasteiger partial charge >= 0.3 is 0 Å². The van der Waals surface area contributed by atoms with Gasteiger partial charge in [0.05, 0.1) is 16.6 Å². The summed E-state index contributed by atoms with van der Waals surface area (Å²) < 4.78 is 26.8. The third-order valence-electron chi connectivity index (χ3n) is 3.87. The van der Waals surface area contributed by atoms with Crippen LogP contribution in [0.1, 0.15) is 27.5 Å². The molecule has 0 bridgehead atoms. The number of nitrogens with one attached hydrogen (secondary N) is 1. The summed E-state index contributed by atoms with van der Waals surface area (Å²) in [5, 5.41) is 3.22. The zero-order valence-electron chi connectivity index (χ0n) is 13.3. The van der Waals surface area contributed by atoms with Gasteiger partial charge in [0.15, 0.2) is 11.6 Å². The van der Waals surface area contributed by atoms with Gasteiger partial charge in [0.1, 0.15) is 0 Å². The Hall–Kier alpha value is -2.43. The number of carbonyl (C=O) groups excluding carboxylic acids is 1. The first-order chi connectivity index (χ1) is 12.5. The van der Waals surface area contributed by atoms with Gasteiger partial charge in [-0.05, 0) is 35.4 Å². The summed E-state index contributed by atoms with van der Waals surface area (Å²) in [6.07, 6.45) is 0. The van der Waals surface area contributed by atoms with Gasteiger partial charge in [-0.2, -0.15) is 0 Å². The normalized spacial score (nSPS) is 11.8. The van der Waals surface area contributed by atoms with Crippen molar-refractivity contribution in [2.45, 2.75) is 6.04 Å². The minimum absolute atomic E-state index is 0.138. The van der Waals surface area contributed by atoms with E-state index < -0.39 is 23.6 Å². The zero-order valence-corrected chi connectivity index (χ0v) is 14.9. The highest BCUT2D eigenvalue weighted by Crippen LogP contribution is 2.26. The molecule has 1 amide bonds. The Morgan fingerprint density at radius 2 is 1.42 bits per heavy atom. The lowest BCUT2D eigenvalue weighted by Crippen LogP contribution is -2.29. The summed E-state index contributed by atoms with van der Waals surface area (Å²) in [6.45, 7) is 0. The van der Waals surface area contributed by atoms with Crippen LogP contribution in [0.3, 0.4) is 0 Å². The molecule has 26 heavy (non-hydrogen) atoms. The standard InChI is InChI=1S/C20H13Cl2F2NO/c21-14-8-6-13(7-9-14)19(12-4-2-1-3-5-12)25-20(26)15-10-17(23)18(24)11-16(15)22/h1-11,19H,(H,25,26)/t19-/m1/s1. The average Bonchev–Trinajstić information content (AvgIpc) is 2.64. The molecule has 3 rings (SSSR count). The van der Waals surface area contributed by atoms with E-state index in [-0.39, 0.29) is 10.6 Å². The van der Waals surface area contributed by atoms with Crippen molar-refractivity contribution in [2.24, 2.45) is 0 Å². The highest BCUT2D eigenvalue weighted by atomic mass is 35.5. The smallest absolute Gasteiger partial charge is 0.253 e. The van der Waals surface area contributed by atoms with Gasteiger partial charge in [-0.1, -0.05) is 65.7 Å². The van der Waals surface area contributed by atoms with Crippen LogP contribution in [0.25, 0.3) is 0 Å². The quantitative estimate of drug-likeness (QED) is 0.560. The Bertz CT molecular complexity index is 931. The summed E-state index contributed by atoms with van der Waals surface area (Å²) >= 11 is 11.8. The molecule has 0 saturated carbocycles. The molecule has 1 atom stereocenters. The molecular weight excluding hydrogens is 379 g/mol. The number of hydrogen-bond acceptors (Lipinski definition) is 1. The lowest BCUT2D eigenvalue weighted by atomic mass is 9.98. The second-order valence-electron chi connectivity index (χ2n) is 5.61. The van der Waals surface area contributed by atoms with Crippen LogP contribution in [0.15, 0.2) is 66.7 Å². The predicted molar refractivity (Wildman–Crippen MR) is 98.6 cm³/mol. The number of amides is 1. The summed E-state index contributed by atoms with van der Waals surface area (Å²) in [4.78, 5) is 12.6. The second-order valence-corrected chi connectivity index (χ2v) is 6.46. The third-order valence-corrected chi connectivity index (χ3v) is 4.43. The highest BCUT2D eigenvalue weighted by molar-refractivity contribution is 6.33. The fraction of sp³-hybridized carbons (Fsp3) is 0.0500. The Kier molecular flexibility index (Phi) is 5.55. The molecule has 0 spiro atoms. The molecule has 0 saturated heterocycles. The predicted octanol–water partition coefficient (Wildman–Crippen LogP) is 5.79. The van der Waals surface area contributed by atoms with Crippen LogP contribution in [-0.2, 0) is 0 Å². The molecule has 0 aliphatic heterocycles. The van der Waals surface area contributed by atoms with Gasteiger partial charge in [0, 0.05) is 5.02 Å². The second kappa shape index (κ2) is 7.85. The van der Waals surface area contributed by atoms with Crippen LogP contribution < -0.4 is 5.32 Å². The van der Waals surface area contributed by atoms with Crippen molar-refractivity contribution < 1.29 is 13.6 Å². The maximum absolute atomic E-state index is 13.5. The molecule has 3 aromatic rings. The molecule has 0 heterocycles. The number of benzene rings is 3. The number of carbonyl (C=O) groups is 1. The molecule has 6 heteroatoms. The van der Waals surface area contributed by atoms with Gasteiger partial charge in [-0.3, -0.25) is 4.79 Å². The van der Waals surface area contributed by atoms with E-state index in [0.717, 1.165) is 23.3 Å². The van der Waals surface area contributed by atoms with Crippen LogP contribution in [0, 0.1) is 11.6 Å². The molecule has 0 aliphatic carbocycles. The summed E-state index contributed by atoms with van der Waals surface area (Å²) in [7, 11) is 0. The van der Waals surface area contributed by atoms with Crippen LogP contribution in [0.2, 0.25) is 10.0 Å². The molecule has 132 valence electrons. The Morgan fingerprint density at radius 1 is 0.846 bits per heavy atom. The SMILES string of the molecule is O=C(N[C@H](c1ccccc1)c1ccc(Cl)cc1)c1cc(F)c(F)cc1Cl. The monoisotopic (exact) mass is 391 g/mol. The molecule has 0 fully saturated rings. The van der Waals surface area contributed by atoms with Gasteiger partial charge < -0.3 is 5.32 Å². The van der Waals surface area contributed by atoms with Gasteiger partial charge in [0.25, 0.3) is 5.91 Å². The van der Waals surface area contributed by atoms with Gasteiger partial charge in [0.2, 0.25) is 0 Å². The van der Waals surface area contributed by atoms with E-state index in [1.807, 2.05) is 30.3 Å². The molecule has 0 aliphatic rings. The van der Waals surface area contributed by atoms with E-state index in [1.165, 1.54) is 0 Å². The molecular formula is C20H13Cl2F2NO. The first-order valence-corrected chi connectivity index (χ1v) is 8.47. The van der Waals surface area contributed by atoms with Crippen molar-refractivity contribution in [3.63, 3.8) is 0 Å². The Labute approximate surface area is 159 Å². The molecule has 1 N–H and O–H groups in total. The molecule has 3 aromatic carbocycles. The van der Waals surface area contributed by atoms with E-state index in [1.54, 1.807) is 24.3 Å². The molecule has 0 aromatic heterocycles. The summed E-state index contributed by atoms with van der Waals surface area (Å²) in [6, 6.07) is 17.3. The largest absolute Gasteiger partial charge is 0.341 e. The maximum Gasteiger partial charge on any atom is 0.253 e. The van der Waals surface area contributed by atoms with Gasteiger partial charge in [-0.25, -0.2) is 8.78 Å². The van der Waals surface area contributed by atoms with Crippen molar-refractivity contribution >= 4 is 29.1 Å². The lowest BCUT2D eigenvalue weighted by Gasteiger charge is -2.20. The van der Waals surface area contributed by atoms with E-state index in [4.69, 9.17) is 23.2 Å².